The number of ether oxygens (including phenoxy) is 4. The molecule has 10 heteroatoms. The minimum absolute atomic E-state index is 0.0251. The fourth-order valence-corrected chi connectivity index (χ4v) is 5.54. The summed E-state index contributed by atoms with van der Waals surface area (Å²) in [5.41, 5.74) is 0.368. The van der Waals surface area contributed by atoms with Crippen molar-refractivity contribution in [1.82, 2.24) is 4.90 Å². The molecule has 220 valence electrons. The van der Waals surface area contributed by atoms with E-state index in [1.165, 1.54) is 4.90 Å². The van der Waals surface area contributed by atoms with E-state index < -0.39 is 39.6 Å². The van der Waals surface area contributed by atoms with Gasteiger partial charge in [0.15, 0.2) is 0 Å². The molecule has 1 heterocycles. The van der Waals surface area contributed by atoms with Gasteiger partial charge in [-0.25, -0.2) is 4.79 Å². The summed E-state index contributed by atoms with van der Waals surface area (Å²) in [6, 6.07) is 24.6. The van der Waals surface area contributed by atoms with Gasteiger partial charge in [-0.05, 0) is 61.7 Å². The fraction of sp³-hybridized carbons (Fsp3) is 0.387. The lowest BCUT2D eigenvalue weighted by molar-refractivity contribution is -0.0745. The van der Waals surface area contributed by atoms with Crippen molar-refractivity contribution in [3.63, 3.8) is 0 Å². The molecular weight excluding hydrogens is 546 g/mol. The van der Waals surface area contributed by atoms with Crippen LogP contribution in [0.5, 0.6) is 11.5 Å². The summed E-state index contributed by atoms with van der Waals surface area (Å²) < 4.78 is 53.6. The van der Waals surface area contributed by atoms with Crippen LogP contribution in [0.4, 0.5) is 4.79 Å². The average molecular weight is 584 g/mol. The summed E-state index contributed by atoms with van der Waals surface area (Å²) in [6.45, 7) is 5.34. The molecule has 1 amide bonds. The number of methoxy groups -OCH3 is 2. The Morgan fingerprint density at radius 1 is 0.756 bits per heavy atom. The highest BCUT2D eigenvalue weighted by Gasteiger charge is 2.47. The van der Waals surface area contributed by atoms with Gasteiger partial charge in [0.2, 0.25) is 0 Å². The highest BCUT2D eigenvalue weighted by molar-refractivity contribution is 7.86. The van der Waals surface area contributed by atoms with E-state index in [0.717, 1.165) is 22.9 Å². The lowest BCUT2D eigenvalue weighted by Gasteiger charge is -2.39. The van der Waals surface area contributed by atoms with Crippen molar-refractivity contribution >= 4 is 16.2 Å². The second-order valence-electron chi connectivity index (χ2n) is 10.9. The van der Waals surface area contributed by atoms with Crippen molar-refractivity contribution in [2.24, 2.45) is 0 Å². The molecule has 0 spiro atoms. The molecule has 3 aromatic rings. The average Bonchev–Trinajstić information content (AvgIpc) is 3.32. The third kappa shape index (κ3) is 7.19. The summed E-state index contributed by atoms with van der Waals surface area (Å²) in [7, 11) is -0.697. The first-order valence-electron chi connectivity index (χ1n) is 13.2. The standard InChI is InChI=1S/C31H37NO8S/c1-30(2,3)39-29(33)32-20-27(28(21-32)40-41(6,34)35)38-31(22-10-8-7-9-11-22,23-12-16-25(36-4)17-13-23)24-14-18-26(37-5)19-15-24/h7-19,27-28H,20-21H2,1-6H3/t27-,28-/m1/s1. The molecule has 0 aliphatic carbocycles. The van der Waals surface area contributed by atoms with E-state index in [-0.39, 0.29) is 13.1 Å². The number of benzene rings is 3. The first kappa shape index (κ1) is 30.4. The van der Waals surface area contributed by atoms with Crippen molar-refractivity contribution in [3.05, 3.63) is 95.6 Å². The van der Waals surface area contributed by atoms with E-state index in [1.54, 1.807) is 35.0 Å². The number of hydrogen-bond donors (Lipinski definition) is 0. The molecule has 0 unspecified atom stereocenters. The van der Waals surface area contributed by atoms with Crippen LogP contribution in [0.1, 0.15) is 37.5 Å². The Morgan fingerprint density at radius 3 is 1.66 bits per heavy atom. The molecule has 0 aromatic heterocycles. The Hall–Kier alpha value is -3.60. The van der Waals surface area contributed by atoms with Crippen LogP contribution in [-0.4, -0.2) is 70.8 Å². The first-order valence-corrected chi connectivity index (χ1v) is 15.0. The molecule has 1 aliphatic heterocycles. The van der Waals surface area contributed by atoms with Gasteiger partial charge in [0.1, 0.15) is 34.9 Å². The summed E-state index contributed by atoms with van der Waals surface area (Å²) in [6.07, 6.45) is -1.42. The normalized spacial score (nSPS) is 17.8. The summed E-state index contributed by atoms with van der Waals surface area (Å²) in [4.78, 5) is 14.5. The van der Waals surface area contributed by atoms with E-state index in [2.05, 4.69) is 0 Å². The Morgan fingerprint density at radius 2 is 1.22 bits per heavy atom. The Balaban J connectivity index is 1.88. The van der Waals surface area contributed by atoms with Gasteiger partial charge in [-0.1, -0.05) is 54.6 Å². The zero-order valence-corrected chi connectivity index (χ0v) is 25.0. The van der Waals surface area contributed by atoms with Gasteiger partial charge < -0.3 is 23.8 Å². The van der Waals surface area contributed by atoms with Crippen molar-refractivity contribution < 1.29 is 36.3 Å². The molecule has 2 atom stereocenters. The minimum atomic E-state index is -3.88. The van der Waals surface area contributed by atoms with Gasteiger partial charge in [-0.15, -0.1) is 0 Å². The summed E-state index contributed by atoms with van der Waals surface area (Å²) in [5.74, 6) is 1.33. The number of rotatable bonds is 9. The quantitative estimate of drug-likeness (QED) is 0.257. The number of amides is 1. The van der Waals surface area contributed by atoms with Crippen LogP contribution < -0.4 is 9.47 Å². The molecule has 0 saturated carbocycles. The molecule has 1 aliphatic rings. The molecule has 41 heavy (non-hydrogen) atoms. The first-order chi connectivity index (χ1) is 19.3. The van der Waals surface area contributed by atoms with Crippen LogP contribution in [0, 0.1) is 0 Å². The molecule has 1 saturated heterocycles. The smallest absolute Gasteiger partial charge is 0.410 e. The minimum Gasteiger partial charge on any atom is -0.497 e. The maximum Gasteiger partial charge on any atom is 0.410 e. The largest absolute Gasteiger partial charge is 0.497 e. The topological polar surface area (TPSA) is 101 Å². The lowest BCUT2D eigenvalue weighted by Crippen LogP contribution is -2.42. The van der Waals surface area contributed by atoms with Gasteiger partial charge in [0.25, 0.3) is 10.1 Å². The Bertz CT molecular complexity index is 1370. The maximum atomic E-state index is 13.0. The van der Waals surface area contributed by atoms with E-state index in [4.69, 9.17) is 23.1 Å². The summed E-state index contributed by atoms with van der Waals surface area (Å²) >= 11 is 0. The molecule has 0 bridgehead atoms. The number of carbonyl (C=O) groups is 1. The Labute approximate surface area is 242 Å². The van der Waals surface area contributed by atoms with Gasteiger partial charge in [-0.3, -0.25) is 4.18 Å². The van der Waals surface area contributed by atoms with Crippen LogP contribution in [-0.2, 0) is 29.4 Å². The second kappa shape index (κ2) is 12.1. The van der Waals surface area contributed by atoms with E-state index in [9.17, 15) is 13.2 Å². The number of hydrogen-bond acceptors (Lipinski definition) is 8. The predicted octanol–water partition coefficient (Wildman–Crippen LogP) is 4.98. The van der Waals surface area contributed by atoms with Gasteiger partial charge in [-0.2, -0.15) is 8.42 Å². The van der Waals surface area contributed by atoms with Crippen molar-refractivity contribution in [1.29, 1.82) is 0 Å². The zero-order valence-electron chi connectivity index (χ0n) is 24.2. The van der Waals surface area contributed by atoms with Crippen molar-refractivity contribution in [2.45, 2.75) is 44.2 Å². The molecule has 3 aromatic carbocycles. The zero-order chi connectivity index (χ0) is 29.8. The molecule has 1 fully saturated rings. The van der Waals surface area contributed by atoms with E-state index >= 15 is 0 Å². The predicted molar refractivity (Wildman–Crippen MR) is 155 cm³/mol. The molecule has 0 N–H and O–H groups in total. The van der Waals surface area contributed by atoms with Gasteiger partial charge >= 0.3 is 6.09 Å². The van der Waals surface area contributed by atoms with Crippen molar-refractivity contribution in [3.8, 4) is 11.5 Å². The number of carbonyl (C=O) groups excluding carboxylic acids is 1. The van der Waals surface area contributed by atoms with Crippen LogP contribution in [0.25, 0.3) is 0 Å². The lowest BCUT2D eigenvalue weighted by atomic mass is 9.79. The van der Waals surface area contributed by atoms with E-state index in [1.807, 2.05) is 78.9 Å². The molecule has 9 nitrogen and oxygen atoms in total. The summed E-state index contributed by atoms with van der Waals surface area (Å²) in [5, 5.41) is 0. The molecule has 0 radical (unpaired) electrons. The van der Waals surface area contributed by atoms with Crippen LogP contribution >= 0.6 is 0 Å². The third-order valence-electron chi connectivity index (χ3n) is 6.67. The van der Waals surface area contributed by atoms with Crippen molar-refractivity contribution in [2.75, 3.05) is 33.6 Å². The van der Waals surface area contributed by atoms with Gasteiger partial charge in [0.05, 0.1) is 33.6 Å². The molecule has 4 rings (SSSR count). The monoisotopic (exact) mass is 583 g/mol. The third-order valence-corrected chi connectivity index (χ3v) is 7.26. The second-order valence-corrected chi connectivity index (χ2v) is 12.5. The fourth-order valence-electron chi connectivity index (χ4n) is 4.91. The van der Waals surface area contributed by atoms with Crippen LogP contribution in [0.3, 0.4) is 0 Å². The molecular formula is C31H37NO8S. The van der Waals surface area contributed by atoms with Crippen LogP contribution in [0.15, 0.2) is 78.9 Å². The number of nitrogens with zero attached hydrogens (tertiary/aromatic N) is 1. The highest BCUT2D eigenvalue weighted by Crippen LogP contribution is 2.44. The maximum absolute atomic E-state index is 13.0. The van der Waals surface area contributed by atoms with Gasteiger partial charge in [0, 0.05) is 0 Å². The van der Waals surface area contributed by atoms with E-state index in [0.29, 0.717) is 11.5 Å². The SMILES string of the molecule is COc1ccc(C(O[C@@H]2CN(C(=O)OC(C)(C)C)C[C@H]2OS(C)(=O)=O)(c2ccccc2)c2ccc(OC)cc2)cc1. The Kier molecular flexibility index (Phi) is 8.96. The number of likely N-dealkylation sites (tertiary alicyclic amines) is 1. The van der Waals surface area contributed by atoms with Crippen LogP contribution in [0.2, 0.25) is 0 Å². The highest BCUT2D eigenvalue weighted by atomic mass is 32.2.